The standard InChI is InChI=1S/C11H14BrNO2S/c1-15-11(14)8(6-13-7-2-3-7)9-4-5-10(12)16-9/h4-5,7-8,13H,2-3,6H2,1H3. The Morgan fingerprint density at radius 3 is 2.94 bits per heavy atom. The van der Waals surface area contributed by atoms with E-state index in [9.17, 15) is 4.79 Å². The number of ether oxygens (including phenoxy) is 1. The minimum Gasteiger partial charge on any atom is -0.468 e. The Hall–Kier alpha value is -0.390. The Kier molecular flexibility index (Phi) is 4.00. The first kappa shape index (κ1) is 12.1. The van der Waals surface area contributed by atoms with Gasteiger partial charge in [-0.2, -0.15) is 0 Å². The maximum Gasteiger partial charge on any atom is 0.315 e. The van der Waals surface area contributed by atoms with E-state index in [0.29, 0.717) is 12.6 Å². The third-order valence-corrected chi connectivity index (χ3v) is 4.35. The highest BCUT2D eigenvalue weighted by molar-refractivity contribution is 9.11. The van der Waals surface area contributed by atoms with E-state index in [2.05, 4.69) is 21.2 Å². The van der Waals surface area contributed by atoms with Gasteiger partial charge in [0.25, 0.3) is 0 Å². The Balaban J connectivity index is 2.03. The van der Waals surface area contributed by atoms with Crippen molar-refractivity contribution in [3.05, 3.63) is 20.8 Å². The molecule has 3 nitrogen and oxygen atoms in total. The van der Waals surface area contributed by atoms with Gasteiger partial charge >= 0.3 is 5.97 Å². The van der Waals surface area contributed by atoms with Crippen molar-refractivity contribution < 1.29 is 9.53 Å². The lowest BCUT2D eigenvalue weighted by molar-refractivity contribution is -0.142. The molecule has 1 heterocycles. The molecule has 1 aromatic heterocycles. The molecule has 0 aliphatic heterocycles. The molecule has 0 saturated heterocycles. The minimum atomic E-state index is -0.179. The number of rotatable bonds is 5. The first-order valence-corrected chi connectivity index (χ1v) is 6.88. The number of thiophene rings is 1. The van der Waals surface area contributed by atoms with Crippen LogP contribution in [0, 0.1) is 0 Å². The van der Waals surface area contributed by atoms with Crippen LogP contribution in [0.5, 0.6) is 0 Å². The van der Waals surface area contributed by atoms with E-state index in [1.54, 1.807) is 11.3 Å². The van der Waals surface area contributed by atoms with Gasteiger partial charge in [0.2, 0.25) is 0 Å². The summed E-state index contributed by atoms with van der Waals surface area (Å²) in [4.78, 5) is 12.7. The molecule has 1 saturated carbocycles. The van der Waals surface area contributed by atoms with Crippen molar-refractivity contribution in [3.8, 4) is 0 Å². The fraction of sp³-hybridized carbons (Fsp3) is 0.545. The van der Waals surface area contributed by atoms with Crippen molar-refractivity contribution in [2.24, 2.45) is 0 Å². The van der Waals surface area contributed by atoms with E-state index < -0.39 is 0 Å². The van der Waals surface area contributed by atoms with Crippen LogP contribution in [0.4, 0.5) is 0 Å². The topological polar surface area (TPSA) is 38.3 Å². The second-order valence-corrected chi connectivity index (χ2v) is 6.39. The summed E-state index contributed by atoms with van der Waals surface area (Å²) in [5, 5.41) is 3.37. The Labute approximate surface area is 107 Å². The van der Waals surface area contributed by atoms with E-state index in [4.69, 9.17) is 4.74 Å². The van der Waals surface area contributed by atoms with Crippen LogP contribution >= 0.6 is 27.3 Å². The lowest BCUT2D eigenvalue weighted by Gasteiger charge is -2.13. The van der Waals surface area contributed by atoms with Gasteiger partial charge in [-0.05, 0) is 40.9 Å². The molecule has 0 spiro atoms. The maximum absolute atomic E-state index is 11.7. The fourth-order valence-corrected chi connectivity index (χ4v) is 3.04. The zero-order chi connectivity index (χ0) is 11.5. The summed E-state index contributed by atoms with van der Waals surface area (Å²) in [5.41, 5.74) is 0. The van der Waals surface area contributed by atoms with Crippen molar-refractivity contribution in [1.29, 1.82) is 0 Å². The van der Waals surface area contributed by atoms with Gasteiger partial charge in [0, 0.05) is 17.5 Å². The molecule has 1 atom stereocenters. The van der Waals surface area contributed by atoms with Crippen molar-refractivity contribution >= 4 is 33.2 Å². The number of carbonyl (C=O) groups excluding carboxylic acids is 1. The molecule has 1 N–H and O–H groups in total. The summed E-state index contributed by atoms with van der Waals surface area (Å²) in [5.74, 6) is -0.343. The van der Waals surface area contributed by atoms with Crippen LogP contribution in [0.15, 0.2) is 15.9 Å². The van der Waals surface area contributed by atoms with Gasteiger partial charge in [-0.15, -0.1) is 11.3 Å². The predicted molar refractivity (Wildman–Crippen MR) is 67.8 cm³/mol. The van der Waals surface area contributed by atoms with E-state index >= 15 is 0 Å². The summed E-state index contributed by atoms with van der Waals surface area (Å²) in [7, 11) is 1.44. The summed E-state index contributed by atoms with van der Waals surface area (Å²) in [6.07, 6.45) is 2.45. The van der Waals surface area contributed by atoms with Crippen LogP contribution in [0.3, 0.4) is 0 Å². The highest BCUT2D eigenvalue weighted by Crippen LogP contribution is 2.30. The average Bonchev–Trinajstić information content (AvgIpc) is 3.01. The lowest BCUT2D eigenvalue weighted by atomic mass is 10.1. The van der Waals surface area contributed by atoms with Gasteiger partial charge in [0.1, 0.15) is 5.92 Å². The molecular formula is C11H14BrNO2S. The smallest absolute Gasteiger partial charge is 0.315 e. The molecule has 1 fully saturated rings. The van der Waals surface area contributed by atoms with Crippen LogP contribution < -0.4 is 5.32 Å². The number of methoxy groups -OCH3 is 1. The molecule has 88 valence electrons. The number of halogens is 1. The number of carbonyl (C=O) groups is 1. The van der Waals surface area contributed by atoms with Crippen LogP contribution in [-0.2, 0) is 9.53 Å². The first-order chi connectivity index (χ1) is 7.70. The van der Waals surface area contributed by atoms with Gasteiger partial charge in [0.05, 0.1) is 10.9 Å². The quantitative estimate of drug-likeness (QED) is 0.850. The minimum absolute atomic E-state index is 0.164. The van der Waals surface area contributed by atoms with E-state index in [1.807, 2.05) is 12.1 Å². The van der Waals surface area contributed by atoms with Crippen molar-refractivity contribution in [3.63, 3.8) is 0 Å². The Morgan fingerprint density at radius 2 is 2.44 bits per heavy atom. The summed E-state index contributed by atoms with van der Waals surface area (Å²) in [6, 6.07) is 4.55. The highest BCUT2D eigenvalue weighted by Gasteiger charge is 2.27. The van der Waals surface area contributed by atoms with Crippen molar-refractivity contribution in [2.75, 3.05) is 13.7 Å². The number of hydrogen-bond donors (Lipinski definition) is 1. The molecule has 2 rings (SSSR count). The van der Waals surface area contributed by atoms with Gasteiger partial charge in [-0.1, -0.05) is 0 Å². The Morgan fingerprint density at radius 1 is 1.69 bits per heavy atom. The molecule has 16 heavy (non-hydrogen) atoms. The second-order valence-electron chi connectivity index (χ2n) is 3.90. The number of hydrogen-bond acceptors (Lipinski definition) is 4. The molecule has 0 bridgehead atoms. The third-order valence-electron chi connectivity index (χ3n) is 2.61. The third kappa shape index (κ3) is 3.06. The first-order valence-electron chi connectivity index (χ1n) is 5.27. The highest BCUT2D eigenvalue weighted by atomic mass is 79.9. The van der Waals surface area contributed by atoms with E-state index in [1.165, 1.54) is 20.0 Å². The van der Waals surface area contributed by atoms with Gasteiger partial charge in [0.15, 0.2) is 0 Å². The largest absolute Gasteiger partial charge is 0.468 e. The lowest BCUT2D eigenvalue weighted by Crippen LogP contribution is -2.28. The number of esters is 1. The molecule has 0 radical (unpaired) electrons. The molecule has 5 heteroatoms. The zero-order valence-electron chi connectivity index (χ0n) is 9.03. The molecule has 1 aromatic rings. The summed E-state index contributed by atoms with van der Waals surface area (Å²) >= 11 is 5.00. The predicted octanol–water partition coefficient (Wildman–Crippen LogP) is 2.52. The van der Waals surface area contributed by atoms with Gasteiger partial charge in [-0.3, -0.25) is 4.79 Å². The van der Waals surface area contributed by atoms with Gasteiger partial charge in [-0.25, -0.2) is 0 Å². The molecule has 1 aliphatic carbocycles. The average molecular weight is 304 g/mol. The van der Waals surface area contributed by atoms with E-state index in [-0.39, 0.29) is 11.9 Å². The molecule has 1 unspecified atom stereocenters. The van der Waals surface area contributed by atoms with Crippen molar-refractivity contribution in [2.45, 2.75) is 24.8 Å². The number of nitrogens with one attached hydrogen (secondary N) is 1. The van der Waals surface area contributed by atoms with Crippen LogP contribution in [0.1, 0.15) is 23.6 Å². The van der Waals surface area contributed by atoms with Crippen LogP contribution in [0.25, 0.3) is 0 Å². The van der Waals surface area contributed by atoms with E-state index in [0.717, 1.165) is 8.66 Å². The SMILES string of the molecule is COC(=O)C(CNC1CC1)c1ccc(Br)s1. The summed E-state index contributed by atoms with van der Waals surface area (Å²) < 4.78 is 5.89. The molecule has 1 aliphatic rings. The normalized spacial score (nSPS) is 17.1. The maximum atomic E-state index is 11.7. The molecule has 0 amide bonds. The van der Waals surface area contributed by atoms with Crippen LogP contribution in [-0.4, -0.2) is 25.7 Å². The monoisotopic (exact) mass is 303 g/mol. The second kappa shape index (κ2) is 5.29. The zero-order valence-corrected chi connectivity index (χ0v) is 11.4. The Bertz CT molecular complexity index is 376. The molecule has 0 aromatic carbocycles. The fourth-order valence-electron chi connectivity index (χ4n) is 1.53. The molecular weight excluding hydrogens is 290 g/mol. The van der Waals surface area contributed by atoms with Crippen molar-refractivity contribution in [1.82, 2.24) is 5.32 Å². The van der Waals surface area contributed by atoms with Gasteiger partial charge < -0.3 is 10.1 Å². The van der Waals surface area contributed by atoms with Crippen LogP contribution in [0.2, 0.25) is 0 Å². The summed E-state index contributed by atoms with van der Waals surface area (Å²) in [6.45, 7) is 0.671.